The monoisotopic (exact) mass is 205 g/mol. The van der Waals surface area contributed by atoms with E-state index >= 15 is 0 Å². The third-order valence-corrected chi connectivity index (χ3v) is 3.04. The van der Waals surface area contributed by atoms with Crippen LogP contribution in [0.3, 0.4) is 0 Å². The summed E-state index contributed by atoms with van der Waals surface area (Å²) in [6, 6.07) is 5.92. The molecule has 15 heavy (non-hydrogen) atoms. The average molecular weight is 205 g/mol. The number of fused-ring (bicyclic) bond motifs is 1. The molecule has 1 aliphatic rings. The smallest absolute Gasteiger partial charge is 0.312 e. The van der Waals surface area contributed by atoms with Crippen molar-refractivity contribution in [1.82, 2.24) is 4.90 Å². The van der Waals surface area contributed by atoms with Crippen LogP contribution in [0.2, 0.25) is 0 Å². The number of carbonyl (C=O) groups is 1. The maximum atomic E-state index is 11.1. The largest absolute Gasteiger partial charge is 0.481 e. The highest BCUT2D eigenvalue weighted by molar-refractivity contribution is 5.77. The molecule has 1 atom stereocenters. The van der Waals surface area contributed by atoms with E-state index in [0.717, 1.165) is 12.1 Å². The summed E-state index contributed by atoms with van der Waals surface area (Å²) in [5, 5.41) is 9.17. The zero-order chi connectivity index (χ0) is 11.0. The van der Waals surface area contributed by atoms with Crippen molar-refractivity contribution in [2.45, 2.75) is 19.4 Å². The van der Waals surface area contributed by atoms with Crippen LogP contribution in [-0.2, 0) is 11.3 Å². The summed E-state index contributed by atoms with van der Waals surface area (Å²) >= 11 is 0. The highest BCUT2D eigenvalue weighted by atomic mass is 16.4. The number of carboxylic acid groups (broad SMARTS) is 1. The molecule has 1 unspecified atom stereocenters. The van der Waals surface area contributed by atoms with Gasteiger partial charge >= 0.3 is 5.97 Å². The first-order valence-corrected chi connectivity index (χ1v) is 5.09. The summed E-state index contributed by atoms with van der Waals surface area (Å²) in [4.78, 5) is 13.2. The number of aryl methyl sites for hydroxylation is 1. The minimum Gasteiger partial charge on any atom is -0.481 e. The lowest BCUT2D eigenvalue weighted by Gasteiger charge is -2.30. The molecule has 1 heterocycles. The summed E-state index contributed by atoms with van der Waals surface area (Å²) in [6.45, 7) is 3.49. The van der Waals surface area contributed by atoms with E-state index in [1.54, 1.807) is 0 Å². The van der Waals surface area contributed by atoms with Crippen molar-refractivity contribution in [3.05, 3.63) is 34.9 Å². The third-order valence-electron chi connectivity index (χ3n) is 3.04. The molecule has 1 N–H and O–H groups in total. The van der Waals surface area contributed by atoms with Crippen molar-refractivity contribution >= 4 is 5.97 Å². The van der Waals surface area contributed by atoms with E-state index in [0.29, 0.717) is 6.54 Å². The van der Waals surface area contributed by atoms with Crippen LogP contribution in [0.1, 0.15) is 22.6 Å². The molecule has 1 aliphatic heterocycles. The Labute approximate surface area is 89.3 Å². The zero-order valence-corrected chi connectivity index (χ0v) is 9.03. The van der Waals surface area contributed by atoms with Crippen LogP contribution in [-0.4, -0.2) is 29.6 Å². The second-order valence-electron chi connectivity index (χ2n) is 4.23. The molecule has 2 rings (SSSR count). The second-order valence-corrected chi connectivity index (χ2v) is 4.23. The number of hydrogen-bond donors (Lipinski definition) is 1. The fraction of sp³-hybridized carbons (Fsp3) is 0.417. The van der Waals surface area contributed by atoms with Crippen LogP contribution in [0, 0.1) is 6.92 Å². The molecule has 0 spiro atoms. The summed E-state index contributed by atoms with van der Waals surface area (Å²) in [7, 11) is 1.96. The van der Waals surface area contributed by atoms with Gasteiger partial charge in [0.15, 0.2) is 0 Å². The molecule has 1 aromatic rings. The van der Waals surface area contributed by atoms with Crippen LogP contribution in [0.15, 0.2) is 18.2 Å². The highest BCUT2D eigenvalue weighted by Crippen LogP contribution is 2.29. The van der Waals surface area contributed by atoms with Gasteiger partial charge in [0.1, 0.15) is 0 Å². The van der Waals surface area contributed by atoms with Gasteiger partial charge in [-0.05, 0) is 30.7 Å². The Balaban J connectivity index is 2.51. The van der Waals surface area contributed by atoms with E-state index in [1.165, 1.54) is 11.1 Å². The first kappa shape index (κ1) is 10.2. The minimum atomic E-state index is -0.728. The number of hydrogen-bond acceptors (Lipinski definition) is 2. The Bertz CT molecular complexity index is 401. The maximum absolute atomic E-state index is 11.1. The molecule has 0 bridgehead atoms. The van der Waals surface area contributed by atoms with Crippen molar-refractivity contribution in [2.24, 2.45) is 0 Å². The molecule has 0 saturated heterocycles. The van der Waals surface area contributed by atoms with Gasteiger partial charge in [-0.25, -0.2) is 0 Å². The molecule has 80 valence electrons. The van der Waals surface area contributed by atoms with E-state index in [9.17, 15) is 4.79 Å². The summed E-state index contributed by atoms with van der Waals surface area (Å²) in [6.07, 6.45) is 0. The van der Waals surface area contributed by atoms with E-state index in [2.05, 4.69) is 4.90 Å². The Morgan fingerprint density at radius 2 is 2.27 bits per heavy atom. The summed E-state index contributed by atoms with van der Waals surface area (Å²) in [5.41, 5.74) is 3.35. The first-order chi connectivity index (χ1) is 7.09. The van der Waals surface area contributed by atoms with Gasteiger partial charge in [-0.15, -0.1) is 0 Å². The standard InChI is InChI=1S/C12H15NO2/c1-8-4-3-5-9-10(8)6-13(2)7-11(9)12(14)15/h3-5,11H,6-7H2,1-2H3,(H,14,15). The second kappa shape index (κ2) is 3.66. The lowest BCUT2D eigenvalue weighted by molar-refractivity contribution is -0.139. The number of aliphatic carboxylic acids is 1. The Kier molecular flexibility index (Phi) is 2.49. The van der Waals surface area contributed by atoms with Crippen molar-refractivity contribution in [3.63, 3.8) is 0 Å². The van der Waals surface area contributed by atoms with Gasteiger partial charge in [0.2, 0.25) is 0 Å². The SMILES string of the molecule is Cc1cccc2c1CN(C)CC2C(=O)O. The molecule has 0 radical (unpaired) electrons. The lowest BCUT2D eigenvalue weighted by Crippen LogP contribution is -2.34. The van der Waals surface area contributed by atoms with Crippen molar-refractivity contribution < 1.29 is 9.90 Å². The first-order valence-electron chi connectivity index (χ1n) is 5.09. The number of benzene rings is 1. The molecule has 3 heteroatoms. The quantitative estimate of drug-likeness (QED) is 0.757. The molecule has 0 aliphatic carbocycles. The molecule has 1 aromatic carbocycles. The van der Waals surface area contributed by atoms with Crippen molar-refractivity contribution in [3.8, 4) is 0 Å². The number of nitrogens with zero attached hydrogens (tertiary/aromatic N) is 1. The van der Waals surface area contributed by atoms with Gasteiger partial charge in [0.05, 0.1) is 5.92 Å². The summed E-state index contributed by atoms with van der Waals surface area (Å²) in [5.74, 6) is -1.10. The number of likely N-dealkylation sites (N-methyl/N-ethyl adjacent to an activating group) is 1. The molecule has 0 saturated carbocycles. The minimum absolute atomic E-state index is 0.376. The molecular formula is C12H15NO2. The van der Waals surface area contributed by atoms with Gasteiger partial charge < -0.3 is 10.0 Å². The Hall–Kier alpha value is -1.35. The van der Waals surface area contributed by atoms with Crippen molar-refractivity contribution in [2.75, 3.05) is 13.6 Å². The average Bonchev–Trinajstić information content (AvgIpc) is 2.18. The third kappa shape index (κ3) is 1.75. The van der Waals surface area contributed by atoms with Crippen LogP contribution in [0.4, 0.5) is 0 Å². The summed E-state index contributed by atoms with van der Waals surface area (Å²) < 4.78 is 0. The normalized spacial score (nSPS) is 21.1. The van der Waals surface area contributed by atoms with Gasteiger partial charge in [-0.3, -0.25) is 4.79 Å². The van der Waals surface area contributed by atoms with Crippen LogP contribution < -0.4 is 0 Å². The predicted molar refractivity (Wildman–Crippen MR) is 57.9 cm³/mol. The number of rotatable bonds is 1. The maximum Gasteiger partial charge on any atom is 0.312 e. The van der Waals surface area contributed by atoms with Crippen LogP contribution in [0.5, 0.6) is 0 Å². The van der Waals surface area contributed by atoms with Crippen molar-refractivity contribution in [1.29, 1.82) is 0 Å². The number of carboxylic acids is 1. The molecule has 3 nitrogen and oxygen atoms in total. The molecule has 0 aromatic heterocycles. The Morgan fingerprint density at radius 1 is 1.53 bits per heavy atom. The van der Waals surface area contributed by atoms with E-state index in [1.807, 2.05) is 32.2 Å². The van der Waals surface area contributed by atoms with Gasteiger partial charge in [-0.1, -0.05) is 18.2 Å². The fourth-order valence-electron chi connectivity index (χ4n) is 2.22. The fourth-order valence-corrected chi connectivity index (χ4v) is 2.22. The zero-order valence-electron chi connectivity index (χ0n) is 9.03. The van der Waals surface area contributed by atoms with Gasteiger partial charge in [-0.2, -0.15) is 0 Å². The topological polar surface area (TPSA) is 40.5 Å². The molecule has 0 amide bonds. The Morgan fingerprint density at radius 3 is 2.93 bits per heavy atom. The van der Waals surface area contributed by atoms with E-state index < -0.39 is 5.97 Å². The van der Waals surface area contributed by atoms with Crippen LogP contribution >= 0.6 is 0 Å². The molecular weight excluding hydrogens is 190 g/mol. The van der Waals surface area contributed by atoms with Gasteiger partial charge in [0, 0.05) is 13.1 Å². The highest BCUT2D eigenvalue weighted by Gasteiger charge is 2.29. The van der Waals surface area contributed by atoms with Gasteiger partial charge in [0.25, 0.3) is 0 Å². The molecule has 0 fully saturated rings. The van der Waals surface area contributed by atoms with Crippen LogP contribution in [0.25, 0.3) is 0 Å². The van der Waals surface area contributed by atoms with E-state index in [-0.39, 0.29) is 5.92 Å². The predicted octanol–water partition coefficient (Wildman–Crippen LogP) is 1.61. The lowest BCUT2D eigenvalue weighted by atomic mass is 9.88. The van der Waals surface area contributed by atoms with E-state index in [4.69, 9.17) is 5.11 Å².